The van der Waals surface area contributed by atoms with Gasteiger partial charge in [-0.2, -0.15) is 0 Å². The van der Waals surface area contributed by atoms with Gasteiger partial charge >= 0.3 is 6.09 Å². The van der Waals surface area contributed by atoms with Crippen molar-refractivity contribution >= 4 is 27.9 Å². The van der Waals surface area contributed by atoms with E-state index < -0.39 is 5.60 Å². The van der Waals surface area contributed by atoms with E-state index in [0.29, 0.717) is 31.7 Å². The second kappa shape index (κ2) is 6.91. The van der Waals surface area contributed by atoms with Gasteiger partial charge < -0.3 is 14.5 Å². The van der Waals surface area contributed by atoms with Gasteiger partial charge in [-0.05, 0) is 45.4 Å². The average molecular weight is 383 g/mol. The lowest BCUT2D eigenvalue weighted by Gasteiger charge is -2.35. The molecule has 0 spiro atoms. The Morgan fingerprint density at radius 1 is 1.09 bits per heavy atom. The first-order valence-electron chi connectivity index (χ1n) is 7.71. The topological polar surface area (TPSA) is 49.9 Å². The minimum atomic E-state index is -0.503. The zero-order valence-corrected chi connectivity index (χ0v) is 15.6. The van der Waals surface area contributed by atoms with E-state index in [9.17, 15) is 9.59 Å². The molecule has 0 saturated carbocycles. The van der Waals surface area contributed by atoms with Gasteiger partial charge in [0.1, 0.15) is 5.60 Å². The summed E-state index contributed by atoms with van der Waals surface area (Å²) in [6.07, 6.45) is -0.316. The van der Waals surface area contributed by atoms with Gasteiger partial charge in [0.2, 0.25) is 0 Å². The van der Waals surface area contributed by atoms with Crippen molar-refractivity contribution in [1.29, 1.82) is 0 Å². The average Bonchev–Trinajstić information content (AvgIpc) is 2.47. The van der Waals surface area contributed by atoms with Crippen LogP contribution in [0.15, 0.2) is 22.7 Å². The summed E-state index contributed by atoms with van der Waals surface area (Å²) < 4.78 is 6.26. The van der Waals surface area contributed by atoms with E-state index in [2.05, 4.69) is 15.9 Å². The van der Waals surface area contributed by atoms with Crippen molar-refractivity contribution in [2.75, 3.05) is 26.2 Å². The van der Waals surface area contributed by atoms with Gasteiger partial charge in [0, 0.05) is 36.2 Å². The van der Waals surface area contributed by atoms with E-state index in [-0.39, 0.29) is 12.0 Å². The predicted octanol–water partition coefficient (Wildman–Crippen LogP) is 3.45. The Morgan fingerprint density at radius 2 is 1.65 bits per heavy atom. The third-order valence-electron chi connectivity index (χ3n) is 3.65. The molecule has 0 aliphatic carbocycles. The lowest BCUT2D eigenvalue weighted by molar-refractivity contribution is 0.0140. The zero-order valence-electron chi connectivity index (χ0n) is 14.1. The lowest BCUT2D eigenvalue weighted by atomic mass is 10.1. The maximum atomic E-state index is 12.6. The highest BCUT2D eigenvalue weighted by molar-refractivity contribution is 9.10. The van der Waals surface area contributed by atoms with Crippen LogP contribution in [0, 0.1) is 6.92 Å². The Kier molecular flexibility index (Phi) is 5.34. The molecule has 0 radical (unpaired) electrons. The van der Waals surface area contributed by atoms with Crippen LogP contribution in [0.3, 0.4) is 0 Å². The number of ether oxygens (including phenoxy) is 1. The Hall–Kier alpha value is -1.56. The van der Waals surface area contributed by atoms with Crippen molar-refractivity contribution in [2.24, 2.45) is 0 Å². The normalized spacial score (nSPS) is 15.5. The molecule has 1 fully saturated rings. The Labute approximate surface area is 145 Å². The van der Waals surface area contributed by atoms with E-state index in [1.165, 1.54) is 0 Å². The Morgan fingerprint density at radius 3 is 2.22 bits per heavy atom. The highest BCUT2D eigenvalue weighted by Gasteiger charge is 2.28. The number of aryl methyl sites for hydroxylation is 1. The maximum absolute atomic E-state index is 12.6. The first kappa shape index (κ1) is 17.8. The van der Waals surface area contributed by atoms with Gasteiger partial charge in [0.25, 0.3) is 5.91 Å². The number of amides is 2. The minimum Gasteiger partial charge on any atom is -0.444 e. The summed E-state index contributed by atoms with van der Waals surface area (Å²) in [5.74, 6) is 0.00707. The molecular formula is C17H23BrN2O3. The van der Waals surface area contributed by atoms with Crippen LogP contribution in [0.2, 0.25) is 0 Å². The Balaban J connectivity index is 1.97. The molecule has 0 aromatic heterocycles. The van der Waals surface area contributed by atoms with Crippen molar-refractivity contribution in [1.82, 2.24) is 9.80 Å². The van der Waals surface area contributed by atoms with Crippen molar-refractivity contribution in [3.8, 4) is 0 Å². The number of nitrogens with zero attached hydrogens (tertiary/aromatic N) is 2. The van der Waals surface area contributed by atoms with Crippen LogP contribution in [0.1, 0.15) is 36.7 Å². The van der Waals surface area contributed by atoms with Crippen LogP contribution in [0.25, 0.3) is 0 Å². The standard InChI is InChI=1S/C17H23BrN2O3/c1-12-5-6-13(18)11-14(12)15(21)19-7-9-20(10-8-19)16(22)23-17(2,3)4/h5-6,11H,7-10H2,1-4H3. The number of halogens is 1. The largest absolute Gasteiger partial charge is 0.444 e. The number of hydrogen-bond donors (Lipinski definition) is 0. The highest BCUT2D eigenvalue weighted by atomic mass is 79.9. The molecule has 1 aromatic rings. The van der Waals surface area contributed by atoms with Gasteiger partial charge in [-0.3, -0.25) is 4.79 Å². The van der Waals surface area contributed by atoms with E-state index in [1.54, 1.807) is 9.80 Å². The maximum Gasteiger partial charge on any atom is 0.410 e. The third-order valence-corrected chi connectivity index (χ3v) is 4.14. The number of carbonyl (C=O) groups excluding carboxylic acids is 2. The molecule has 0 bridgehead atoms. The molecule has 2 rings (SSSR count). The molecule has 1 aliphatic rings. The smallest absolute Gasteiger partial charge is 0.410 e. The molecule has 1 aliphatic heterocycles. The van der Waals surface area contributed by atoms with E-state index in [1.807, 2.05) is 45.9 Å². The second-order valence-electron chi connectivity index (χ2n) is 6.72. The highest BCUT2D eigenvalue weighted by Crippen LogP contribution is 2.19. The second-order valence-corrected chi connectivity index (χ2v) is 7.63. The molecule has 6 heteroatoms. The monoisotopic (exact) mass is 382 g/mol. The number of rotatable bonds is 1. The van der Waals surface area contributed by atoms with Crippen LogP contribution in [-0.4, -0.2) is 53.6 Å². The molecule has 0 unspecified atom stereocenters. The number of carbonyl (C=O) groups is 2. The first-order chi connectivity index (χ1) is 10.7. The fourth-order valence-electron chi connectivity index (χ4n) is 2.41. The molecule has 0 atom stereocenters. The predicted molar refractivity (Wildman–Crippen MR) is 92.6 cm³/mol. The van der Waals surface area contributed by atoms with E-state index >= 15 is 0 Å². The molecule has 5 nitrogen and oxygen atoms in total. The van der Waals surface area contributed by atoms with Crippen molar-refractivity contribution in [3.05, 3.63) is 33.8 Å². The molecule has 1 heterocycles. The fourth-order valence-corrected chi connectivity index (χ4v) is 2.77. The van der Waals surface area contributed by atoms with Gasteiger partial charge in [-0.25, -0.2) is 4.79 Å². The van der Waals surface area contributed by atoms with Gasteiger partial charge in [0.15, 0.2) is 0 Å². The zero-order chi connectivity index (χ0) is 17.2. The van der Waals surface area contributed by atoms with Gasteiger partial charge in [-0.1, -0.05) is 22.0 Å². The number of benzene rings is 1. The SMILES string of the molecule is Cc1ccc(Br)cc1C(=O)N1CCN(C(=O)OC(C)(C)C)CC1. The van der Waals surface area contributed by atoms with Crippen LogP contribution >= 0.6 is 15.9 Å². The van der Waals surface area contributed by atoms with Crippen LogP contribution in [0.4, 0.5) is 4.79 Å². The number of piperazine rings is 1. The van der Waals surface area contributed by atoms with Crippen LogP contribution in [0.5, 0.6) is 0 Å². The van der Waals surface area contributed by atoms with Crippen molar-refractivity contribution in [3.63, 3.8) is 0 Å². The van der Waals surface area contributed by atoms with Gasteiger partial charge in [0.05, 0.1) is 0 Å². The molecular weight excluding hydrogens is 360 g/mol. The molecule has 0 N–H and O–H groups in total. The summed E-state index contributed by atoms with van der Waals surface area (Å²) in [5.41, 5.74) is 1.15. The van der Waals surface area contributed by atoms with Crippen molar-refractivity contribution < 1.29 is 14.3 Å². The number of hydrogen-bond acceptors (Lipinski definition) is 3. The summed E-state index contributed by atoms with van der Waals surface area (Å²) >= 11 is 3.40. The molecule has 1 saturated heterocycles. The fraction of sp³-hybridized carbons (Fsp3) is 0.529. The summed E-state index contributed by atoms with van der Waals surface area (Å²) in [4.78, 5) is 28.1. The summed E-state index contributed by atoms with van der Waals surface area (Å²) in [6.45, 7) is 9.49. The molecule has 2 amide bonds. The van der Waals surface area contributed by atoms with Crippen LogP contribution in [-0.2, 0) is 4.74 Å². The van der Waals surface area contributed by atoms with Gasteiger partial charge in [-0.15, -0.1) is 0 Å². The molecule has 23 heavy (non-hydrogen) atoms. The lowest BCUT2D eigenvalue weighted by Crippen LogP contribution is -2.51. The molecule has 126 valence electrons. The summed E-state index contributed by atoms with van der Waals surface area (Å²) in [5, 5.41) is 0. The van der Waals surface area contributed by atoms with E-state index in [0.717, 1.165) is 10.0 Å². The Bertz CT molecular complexity index is 602. The molecule has 1 aromatic carbocycles. The minimum absolute atomic E-state index is 0.00707. The summed E-state index contributed by atoms with van der Waals surface area (Å²) in [7, 11) is 0. The summed E-state index contributed by atoms with van der Waals surface area (Å²) in [6, 6.07) is 5.69. The van der Waals surface area contributed by atoms with Crippen LogP contribution < -0.4 is 0 Å². The quantitative estimate of drug-likeness (QED) is 0.747. The van der Waals surface area contributed by atoms with E-state index in [4.69, 9.17) is 4.74 Å². The third kappa shape index (κ3) is 4.70. The first-order valence-corrected chi connectivity index (χ1v) is 8.50. The van der Waals surface area contributed by atoms with Crippen molar-refractivity contribution in [2.45, 2.75) is 33.3 Å².